The van der Waals surface area contributed by atoms with Crippen molar-refractivity contribution in [2.24, 2.45) is 10.9 Å². The highest BCUT2D eigenvalue weighted by molar-refractivity contribution is 7.89. The van der Waals surface area contributed by atoms with E-state index in [9.17, 15) is 8.42 Å². The number of aliphatic imine (C=N–C) groups is 1. The van der Waals surface area contributed by atoms with Gasteiger partial charge in [-0.25, -0.2) is 17.7 Å². The maximum absolute atomic E-state index is 12.1. The van der Waals surface area contributed by atoms with Gasteiger partial charge in [0.1, 0.15) is 0 Å². The van der Waals surface area contributed by atoms with Gasteiger partial charge < -0.3 is 15.0 Å². The maximum Gasteiger partial charge on any atom is 0.242 e. The molecule has 1 aromatic carbocycles. The minimum Gasteiger partial charge on any atom is -0.381 e. The van der Waals surface area contributed by atoms with Gasteiger partial charge in [-0.1, -0.05) is 12.1 Å². The minimum absolute atomic E-state index is 0.292. The van der Waals surface area contributed by atoms with Crippen molar-refractivity contribution in [1.82, 2.24) is 14.5 Å². The van der Waals surface area contributed by atoms with Crippen LogP contribution in [-0.4, -0.2) is 71.0 Å². The summed E-state index contributed by atoms with van der Waals surface area (Å²) < 4.78 is 30.9. The molecule has 0 amide bonds. The van der Waals surface area contributed by atoms with Gasteiger partial charge in [0.05, 0.1) is 18.0 Å². The van der Waals surface area contributed by atoms with E-state index in [1.807, 2.05) is 26.1 Å². The summed E-state index contributed by atoms with van der Waals surface area (Å²) in [6.07, 6.45) is 1.09. The maximum atomic E-state index is 12.1. The molecule has 8 heteroatoms. The van der Waals surface area contributed by atoms with Crippen LogP contribution in [0.5, 0.6) is 0 Å². The molecule has 0 saturated carbocycles. The highest BCUT2D eigenvalue weighted by Crippen LogP contribution is 2.15. The number of ether oxygens (including phenoxy) is 1. The van der Waals surface area contributed by atoms with Crippen molar-refractivity contribution in [1.29, 1.82) is 0 Å². The van der Waals surface area contributed by atoms with E-state index in [-0.39, 0.29) is 0 Å². The number of sulfonamides is 1. The molecule has 1 heterocycles. The summed E-state index contributed by atoms with van der Waals surface area (Å²) in [5, 5.41) is 3.31. The zero-order valence-corrected chi connectivity index (χ0v) is 16.9. The summed E-state index contributed by atoms with van der Waals surface area (Å²) >= 11 is 0. The van der Waals surface area contributed by atoms with Crippen LogP contribution in [0.3, 0.4) is 0 Å². The Morgan fingerprint density at radius 1 is 1.27 bits per heavy atom. The third-order valence-corrected chi connectivity index (χ3v) is 6.20. The summed E-state index contributed by atoms with van der Waals surface area (Å²) in [6, 6.07) is 6.89. The number of nitrogens with zero attached hydrogens (tertiary/aromatic N) is 3. The fourth-order valence-corrected chi connectivity index (χ4v) is 3.72. The molecule has 1 aliphatic rings. The van der Waals surface area contributed by atoms with E-state index >= 15 is 0 Å². The summed E-state index contributed by atoms with van der Waals surface area (Å²) in [5.74, 6) is 1.39. The van der Waals surface area contributed by atoms with Crippen molar-refractivity contribution in [3.8, 4) is 0 Å². The van der Waals surface area contributed by atoms with Gasteiger partial charge in [-0.05, 0) is 31.0 Å². The highest BCUT2D eigenvalue weighted by atomic mass is 32.2. The molecule has 0 radical (unpaired) electrons. The molecule has 1 aromatic rings. The lowest BCUT2D eigenvalue weighted by Gasteiger charge is -2.24. The van der Waals surface area contributed by atoms with Gasteiger partial charge in [-0.3, -0.25) is 0 Å². The van der Waals surface area contributed by atoms with Gasteiger partial charge in [0, 0.05) is 46.8 Å². The standard InChI is InChI=1S/C18H30N4O3S/c1-5-19-18(22(4)13-16-10-11-25-14-16)20-12-15-6-8-17(9-7-15)26(23,24)21(2)3/h6-9,16H,5,10-14H2,1-4H3,(H,19,20). The fraction of sp³-hybridized carbons (Fsp3) is 0.611. The molecular formula is C18H30N4O3S. The van der Waals surface area contributed by atoms with E-state index in [1.165, 1.54) is 18.4 Å². The Bertz CT molecular complexity index is 696. The predicted octanol–water partition coefficient (Wildman–Crippen LogP) is 1.37. The van der Waals surface area contributed by atoms with Gasteiger partial charge in [-0.2, -0.15) is 0 Å². The molecule has 0 bridgehead atoms. The van der Waals surface area contributed by atoms with Crippen molar-refractivity contribution < 1.29 is 13.2 Å². The first-order valence-corrected chi connectivity index (χ1v) is 10.4. The highest BCUT2D eigenvalue weighted by Gasteiger charge is 2.19. The Morgan fingerprint density at radius 3 is 2.50 bits per heavy atom. The lowest BCUT2D eigenvalue weighted by molar-refractivity contribution is 0.181. The largest absolute Gasteiger partial charge is 0.381 e. The van der Waals surface area contributed by atoms with Gasteiger partial charge in [-0.15, -0.1) is 0 Å². The first kappa shape index (κ1) is 20.7. The van der Waals surface area contributed by atoms with Gasteiger partial charge in [0.25, 0.3) is 0 Å². The molecule has 1 saturated heterocycles. The lowest BCUT2D eigenvalue weighted by Crippen LogP contribution is -2.41. The third-order valence-electron chi connectivity index (χ3n) is 4.37. The van der Waals surface area contributed by atoms with E-state index in [4.69, 9.17) is 4.74 Å². The Balaban J connectivity index is 2.04. The molecule has 2 rings (SSSR count). The molecular weight excluding hydrogens is 352 g/mol. The van der Waals surface area contributed by atoms with Crippen LogP contribution in [0.15, 0.2) is 34.2 Å². The van der Waals surface area contributed by atoms with E-state index < -0.39 is 10.0 Å². The zero-order valence-electron chi connectivity index (χ0n) is 16.1. The molecule has 1 N–H and O–H groups in total. The van der Waals surface area contributed by atoms with E-state index in [0.29, 0.717) is 17.4 Å². The van der Waals surface area contributed by atoms with Crippen LogP contribution < -0.4 is 5.32 Å². The third kappa shape index (κ3) is 5.43. The van der Waals surface area contributed by atoms with Crippen LogP contribution >= 0.6 is 0 Å². The Morgan fingerprint density at radius 2 is 1.96 bits per heavy atom. The zero-order chi connectivity index (χ0) is 19.2. The quantitative estimate of drug-likeness (QED) is 0.570. The van der Waals surface area contributed by atoms with Crippen molar-refractivity contribution in [2.75, 3.05) is 47.4 Å². The van der Waals surface area contributed by atoms with Crippen LogP contribution in [-0.2, 0) is 21.3 Å². The summed E-state index contributed by atoms with van der Waals surface area (Å²) in [7, 11) is 1.70. The van der Waals surface area contributed by atoms with Crippen LogP contribution in [0.2, 0.25) is 0 Å². The van der Waals surface area contributed by atoms with E-state index in [1.54, 1.807) is 12.1 Å². The second-order valence-electron chi connectivity index (χ2n) is 6.71. The van der Waals surface area contributed by atoms with Gasteiger partial charge in [0.2, 0.25) is 10.0 Å². The average Bonchev–Trinajstić information content (AvgIpc) is 3.11. The van der Waals surface area contributed by atoms with Crippen molar-refractivity contribution >= 4 is 16.0 Å². The van der Waals surface area contributed by atoms with Crippen LogP contribution in [0.1, 0.15) is 18.9 Å². The summed E-state index contributed by atoms with van der Waals surface area (Å²) in [6.45, 7) is 5.90. The summed E-state index contributed by atoms with van der Waals surface area (Å²) in [4.78, 5) is 7.11. The fourth-order valence-electron chi connectivity index (χ4n) is 2.81. The normalized spacial score (nSPS) is 18.3. The van der Waals surface area contributed by atoms with Crippen molar-refractivity contribution in [3.63, 3.8) is 0 Å². The van der Waals surface area contributed by atoms with Crippen LogP contribution in [0, 0.1) is 5.92 Å². The van der Waals surface area contributed by atoms with Crippen LogP contribution in [0.4, 0.5) is 0 Å². The first-order chi connectivity index (χ1) is 12.3. The second kappa shape index (κ2) is 9.34. The summed E-state index contributed by atoms with van der Waals surface area (Å²) in [5.41, 5.74) is 0.968. The van der Waals surface area contributed by atoms with E-state index in [2.05, 4.69) is 15.2 Å². The molecule has 1 fully saturated rings. The van der Waals surface area contributed by atoms with Crippen molar-refractivity contribution in [2.45, 2.75) is 24.8 Å². The molecule has 0 spiro atoms. The number of guanidine groups is 1. The molecule has 1 aliphatic heterocycles. The number of rotatable bonds is 7. The minimum atomic E-state index is -3.40. The topological polar surface area (TPSA) is 74.2 Å². The molecule has 1 atom stereocenters. The number of nitrogens with one attached hydrogen (secondary N) is 1. The Labute approximate surface area is 157 Å². The number of hydrogen-bond acceptors (Lipinski definition) is 4. The molecule has 146 valence electrons. The predicted molar refractivity (Wildman–Crippen MR) is 104 cm³/mol. The van der Waals surface area contributed by atoms with Gasteiger partial charge >= 0.3 is 0 Å². The first-order valence-electron chi connectivity index (χ1n) is 8.93. The van der Waals surface area contributed by atoms with Gasteiger partial charge in [0.15, 0.2) is 5.96 Å². The average molecular weight is 383 g/mol. The molecule has 1 unspecified atom stereocenters. The van der Waals surface area contributed by atoms with E-state index in [0.717, 1.165) is 44.2 Å². The molecule has 0 aliphatic carbocycles. The monoisotopic (exact) mass is 382 g/mol. The molecule has 0 aromatic heterocycles. The number of hydrogen-bond donors (Lipinski definition) is 1. The number of benzene rings is 1. The Hall–Kier alpha value is -1.64. The molecule has 7 nitrogen and oxygen atoms in total. The van der Waals surface area contributed by atoms with Crippen LogP contribution in [0.25, 0.3) is 0 Å². The molecule has 26 heavy (non-hydrogen) atoms. The lowest BCUT2D eigenvalue weighted by atomic mass is 10.1. The second-order valence-corrected chi connectivity index (χ2v) is 8.86. The smallest absolute Gasteiger partial charge is 0.242 e. The Kier molecular flexibility index (Phi) is 7.43. The SMILES string of the molecule is CCNC(=NCc1ccc(S(=O)(=O)N(C)C)cc1)N(C)CC1CCOC1. The van der Waals surface area contributed by atoms with Crippen molar-refractivity contribution in [3.05, 3.63) is 29.8 Å².